The van der Waals surface area contributed by atoms with E-state index in [1.807, 2.05) is 6.07 Å². The molecule has 28 heavy (non-hydrogen) atoms. The molecular formula is C20H20BrN5O2. The molecule has 2 unspecified atom stereocenters. The first kappa shape index (κ1) is 18.8. The summed E-state index contributed by atoms with van der Waals surface area (Å²) in [5.41, 5.74) is 0.182. The Hall–Kier alpha value is -2.53. The van der Waals surface area contributed by atoms with E-state index in [-0.39, 0.29) is 23.8 Å². The van der Waals surface area contributed by atoms with Gasteiger partial charge in [0.25, 0.3) is 5.91 Å². The average Bonchev–Trinajstić information content (AvgIpc) is 3.50. The van der Waals surface area contributed by atoms with E-state index >= 15 is 0 Å². The second-order valence-corrected chi connectivity index (χ2v) is 8.53. The van der Waals surface area contributed by atoms with Gasteiger partial charge in [-0.05, 0) is 53.2 Å². The molecule has 2 fully saturated rings. The largest absolute Gasteiger partial charge is 0.346 e. The third-order valence-electron chi connectivity index (χ3n) is 5.72. The number of halogens is 1. The fourth-order valence-corrected chi connectivity index (χ4v) is 4.06. The first-order chi connectivity index (χ1) is 13.4. The number of hydrogen-bond donors (Lipinski definition) is 1. The zero-order valence-corrected chi connectivity index (χ0v) is 17.1. The monoisotopic (exact) mass is 441 g/mol. The zero-order chi connectivity index (χ0) is 19.9. The van der Waals surface area contributed by atoms with Crippen LogP contribution in [-0.2, 0) is 4.79 Å². The molecule has 0 spiro atoms. The van der Waals surface area contributed by atoms with Crippen LogP contribution in [0.5, 0.6) is 0 Å². The summed E-state index contributed by atoms with van der Waals surface area (Å²) in [7, 11) is 0. The third kappa shape index (κ3) is 3.35. The molecule has 2 aromatic heterocycles. The highest BCUT2D eigenvalue weighted by molar-refractivity contribution is 9.10. The van der Waals surface area contributed by atoms with Crippen LogP contribution in [0.4, 0.5) is 0 Å². The SMILES string of the molecule is CC1CCN(C(=O)C2(C#N)CC2)CC1NC(=O)c1ccc2cncc(Br)c2n1. The van der Waals surface area contributed by atoms with E-state index in [9.17, 15) is 14.9 Å². The number of hydrogen-bond acceptors (Lipinski definition) is 5. The zero-order valence-electron chi connectivity index (χ0n) is 15.5. The molecule has 0 bridgehead atoms. The summed E-state index contributed by atoms with van der Waals surface area (Å²) in [6.07, 6.45) is 5.41. The highest BCUT2D eigenvalue weighted by Crippen LogP contribution is 2.46. The lowest BCUT2D eigenvalue weighted by atomic mass is 9.92. The highest BCUT2D eigenvalue weighted by atomic mass is 79.9. The maximum atomic E-state index is 12.8. The highest BCUT2D eigenvalue weighted by Gasteiger charge is 2.53. The summed E-state index contributed by atoms with van der Waals surface area (Å²) in [5, 5.41) is 13.2. The fraction of sp³-hybridized carbons (Fsp3) is 0.450. The van der Waals surface area contributed by atoms with E-state index in [1.54, 1.807) is 23.4 Å². The predicted octanol–water partition coefficient (Wildman–Crippen LogP) is 2.66. The average molecular weight is 442 g/mol. The Morgan fingerprint density at radius 3 is 2.86 bits per heavy atom. The molecule has 8 heteroatoms. The van der Waals surface area contributed by atoms with Crippen molar-refractivity contribution >= 4 is 38.6 Å². The van der Waals surface area contributed by atoms with Crippen molar-refractivity contribution in [3.8, 4) is 6.07 Å². The molecule has 4 rings (SSSR count). The summed E-state index contributed by atoms with van der Waals surface area (Å²) >= 11 is 3.42. The van der Waals surface area contributed by atoms with E-state index in [1.165, 1.54) is 0 Å². The topological polar surface area (TPSA) is 99.0 Å². The van der Waals surface area contributed by atoms with E-state index < -0.39 is 5.41 Å². The Kier molecular flexibility index (Phi) is 4.79. The predicted molar refractivity (Wildman–Crippen MR) is 106 cm³/mol. The van der Waals surface area contributed by atoms with Gasteiger partial charge in [-0.2, -0.15) is 5.26 Å². The van der Waals surface area contributed by atoms with E-state index in [0.717, 1.165) is 16.3 Å². The molecule has 1 aliphatic carbocycles. The van der Waals surface area contributed by atoms with Crippen LogP contribution in [0.2, 0.25) is 0 Å². The van der Waals surface area contributed by atoms with Gasteiger partial charge < -0.3 is 10.2 Å². The molecule has 1 N–H and O–H groups in total. The number of nitrogens with one attached hydrogen (secondary N) is 1. The standard InChI is InChI=1S/C20H20BrN5O2/c1-12-4-7-26(19(28)20(11-22)5-6-20)10-16(12)25-18(27)15-3-2-13-8-23-9-14(21)17(13)24-15/h2-3,8-9,12,16H,4-7,10H2,1H3,(H,25,27). The number of carbonyl (C=O) groups is 2. The van der Waals surface area contributed by atoms with Crippen molar-refractivity contribution in [1.82, 2.24) is 20.2 Å². The number of nitrogens with zero attached hydrogens (tertiary/aromatic N) is 4. The van der Waals surface area contributed by atoms with Crippen molar-refractivity contribution in [3.63, 3.8) is 0 Å². The molecular weight excluding hydrogens is 422 g/mol. The van der Waals surface area contributed by atoms with Crippen LogP contribution in [0.1, 0.15) is 36.7 Å². The molecule has 1 saturated heterocycles. The van der Waals surface area contributed by atoms with Gasteiger partial charge in [0.1, 0.15) is 11.1 Å². The third-order valence-corrected chi connectivity index (χ3v) is 6.30. The van der Waals surface area contributed by atoms with Crippen molar-refractivity contribution < 1.29 is 9.59 Å². The minimum Gasteiger partial charge on any atom is -0.346 e. The second-order valence-electron chi connectivity index (χ2n) is 7.68. The molecule has 1 saturated carbocycles. The van der Waals surface area contributed by atoms with E-state index in [2.05, 4.69) is 44.2 Å². The van der Waals surface area contributed by atoms with Crippen LogP contribution in [-0.4, -0.2) is 45.8 Å². The van der Waals surface area contributed by atoms with Gasteiger partial charge in [-0.25, -0.2) is 4.98 Å². The number of aromatic nitrogens is 2. The molecule has 2 aromatic rings. The lowest BCUT2D eigenvalue weighted by molar-refractivity contribution is -0.136. The molecule has 0 aromatic carbocycles. The number of nitriles is 1. The molecule has 7 nitrogen and oxygen atoms in total. The summed E-state index contributed by atoms with van der Waals surface area (Å²) in [4.78, 5) is 35.8. The number of rotatable bonds is 3. The summed E-state index contributed by atoms with van der Waals surface area (Å²) < 4.78 is 0.730. The van der Waals surface area contributed by atoms with Gasteiger partial charge in [0.2, 0.25) is 5.91 Å². The van der Waals surface area contributed by atoms with Crippen LogP contribution in [0.15, 0.2) is 29.0 Å². The Morgan fingerprint density at radius 1 is 1.36 bits per heavy atom. The second kappa shape index (κ2) is 7.13. The molecule has 2 aliphatic rings. The first-order valence-electron chi connectivity index (χ1n) is 9.35. The Bertz CT molecular complexity index is 998. The summed E-state index contributed by atoms with van der Waals surface area (Å²) in [6.45, 7) is 3.13. The van der Waals surface area contributed by atoms with Gasteiger partial charge in [0, 0.05) is 36.9 Å². The van der Waals surface area contributed by atoms with Crippen molar-refractivity contribution in [3.05, 3.63) is 34.7 Å². The number of piperidine rings is 1. The van der Waals surface area contributed by atoms with Gasteiger partial charge in [-0.3, -0.25) is 14.6 Å². The van der Waals surface area contributed by atoms with Gasteiger partial charge in [-0.1, -0.05) is 6.92 Å². The maximum absolute atomic E-state index is 12.8. The number of amides is 2. The number of likely N-dealkylation sites (tertiary alicyclic amines) is 1. The Balaban J connectivity index is 1.49. The number of pyridine rings is 2. The summed E-state index contributed by atoms with van der Waals surface area (Å²) in [6, 6.07) is 5.49. The smallest absolute Gasteiger partial charge is 0.270 e. The molecule has 144 valence electrons. The van der Waals surface area contributed by atoms with Crippen LogP contribution in [0, 0.1) is 22.7 Å². The van der Waals surface area contributed by atoms with E-state index in [4.69, 9.17) is 0 Å². The van der Waals surface area contributed by atoms with Crippen LogP contribution in [0.3, 0.4) is 0 Å². The van der Waals surface area contributed by atoms with Gasteiger partial charge >= 0.3 is 0 Å². The van der Waals surface area contributed by atoms with Crippen molar-refractivity contribution in [2.75, 3.05) is 13.1 Å². The minimum atomic E-state index is -0.824. The Labute approximate surface area is 171 Å². The molecule has 2 amide bonds. The molecule has 3 heterocycles. The quantitative estimate of drug-likeness (QED) is 0.788. The van der Waals surface area contributed by atoms with E-state index in [0.29, 0.717) is 37.1 Å². The lowest BCUT2D eigenvalue weighted by Crippen LogP contribution is -2.54. The summed E-state index contributed by atoms with van der Waals surface area (Å²) in [5.74, 6) is -0.124. The normalized spacial score (nSPS) is 23.1. The van der Waals surface area contributed by atoms with Crippen LogP contribution < -0.4 is 5.32 Å². The lowest BCUT2D eigenvalue weighted by Gasteiger charge is -2.38. The van der Waals surface area contributed by atoms with Crippen LogP contribution >= 0.6 is 15.9 Å². The number of carbonyl (C=O) groups excluding carboxylic acids is 2. The maximum Gasteiger partial charge on any atom is 0.270 e. The van der Waals surface area contributed by atoms with Crippen LogP contribution in [0.25, 0.3) is 10.9 Å². The van der Waals surface area contributed by atoms with Gasteiger partial charge in [0.15, 0.2) is 0 Å². The van der Waals surface area contributed by atoms with Crippen molar-refractivity contribution in [1.29, 1.82) is 5.26 Å². The molecule has 1 aliphatic heterocycles. The minimum absolute atomic E-state index is 0.0959. The van der Waals surface area contributed by atoms with Crippen molar-refractivity contribution in [2.24, 2.45) is 11.3 Å². The molecule has 0 radical (unpaired) electrons. The van der Waals surface area contributed by atoms with Gasteiger partial charge in [0.05, 0.1) is 16.1 Å². The van der Waals surface area contributed by atoms with Crippen molar-refractivity contribution in [2.45, 2.75) is 32.2 Å². The molecule has 2 atom stereocenters. The Morgan fingerprint density at radius 2 is 2.14 bits per heavy atom. The first-order valence-corrected chi connectivity index (χ1v) is 10.1. The van der Waals surface area contributed by atoms with Gasteiger partial charge in [-0.15, -0.1) is 0 Å². The fourth-order valence-electron chi connectivity index (χ4n) is 3.62. The number of fused-ring (bicyclic) bond motifs is 1.